The Kier molecular flexibility index (Phi) is 87.3. The zero-order valence-corrected chi connectivity index (χ0v) is 76.5. The van der Waals surface area contributed by atoms with Gasteiger partial charge in [0.2, 0.25) is 0 Å². The van der Waals surface area contributed by atoms with E-state index < -0.39 is 91.5 Å². The lowest BCUT2D eigenvalue weighted by Crippen LogP contribution is -2.30. The van der Waals surface area contributed by atoms with Crippen LogP contribution in [0.25, 0.3) is 0 Å². The van der Waals surface area contributed by atoms with E-state index in [1.165, 1.54) is 116 Å². The predicted octanol–water partition coefficient (Wildman–Crippen LogP) is 29.0. The summed E-state index contributed by atoms with van der Waals surface area (Å²) >= 11 is 0. The van der Waals surface area contributed by atoms with Gasteiger partial charge in [-0.2, -0.15) is 0 Å². The van der Waals surface area contributed by atoms with Crippen molar-refractivity contribution in [3.05, 3.63) is 194 Å². The van der Waals surface area contributed by atoms with Crippen LogP contribution in [-0.4, -0.2) is 95.9 Å². The maximum absolute atomic E-state index is 13.1. The van der Waals surface area contributed by atoms with E-state index >= 15 is 0 Å². The smallest absolute Gasteiger partial charge is 0.463 e. The van der Waals surface area contributed by atoms with Crippen LogP contribution in [0.5, 0.6) is 0 Å². The molecule has 0 aliphatic carbocycles. The lowest BCUT2D eigenvalue weighted by Gasteiger charge is -2.21. The molecule has 16 nitrogen and oxygen atoms in total. The van der Waals surface area contributed by atoms with Crippen LogP contribution in [0.4, 0.5) is 0 Å². The lowest BCUT2D eigenvalue weighted by atomic mass is 10.0. The number of phosphoric ester groups is 2. The largest absolute Gasteiger partial charge is 0.472 e. The maximum Gasteiger partial charge on any atom is 0.472 e. The van der Waals surface area contributed by atoms with Crippen molar-refractivity contribution < 1.29 is 75.8 Å². The monoisotopic (exact) mass is 1700 g/mol. The molecule has 5 atom stereocenters. The highest BCUT2D eigenvalue weighted by atomic mass is 31.2. The summed E-state index contributed by atoms with van der Waals surface area (Å²) in [7, 11) is -9.83. The molecule has 0 aliphatic rings. The standard InChI is InChI=1S/C101H168O16P2/c1-4-7-10-13-16-19-22-25-28-31-34-37-40-43-45-46-47-48-50-53-54-57-60-63-66-69-72-75-78-81-84-87-99(104)111-90-96(102)91-113-118(107,108)114-92-97(103)93-115-119(109,110)116-95-98(117-101(106)89-86-83-80-77-74-71-68-65-62-59-56-51-42-39-36-33-30-27-24-21-18-15-12-9-6-3)94-112-100(105)88-85-82-79-76-73-70-67-64-61-58-55-52-49-44-41-38-35-32-29-26-23-20-17-14-11-8-5-2/h7,9-10,12,16-21,25-30,34-39,43-45,47-49,51,56,62,65,96-98,102-103H,4-6,8,11,13-15,22-24,31-33,40-42,46,50,52-55,57-61,63-64,66-95H2,1-3H3,(H,107,108)(H,109,110)/b10-7-,12-9-,19-16-,20-17-,21-18-,28-25-,29-26-,30-27-,37-34-,38-35-,39-36-,45-43-,48-47-,49-44-,56-51-,65-62-. The molecule has 119 heavy (non-hydrogen) atoms. The van der Waals surface area contributed by atoms with Crippen LogP contribution in [0.1, 0.15) is 367 Å². The highest BCUT2D eigenvalue weighted by Gasteiger charge is 2.29. The number of esters is 3. The number of phosphoric acid groups is 2. The Bertz CT molecular complexity index is 2940. The van der Waals surface area contributed by atoms with Crippen molar-refractivity contribution in [1.29, 1.82) is 0 Å². The average molecular weight is 1700 g/mol. The molecule has 0 aromatic rings. The van der Waals surface area contributed by atoms with Gasteiger partial charge in [0.1, 0.15) is 25.4 Å². The first-order valence-electron chi connectivity index (χ1n) is 46.7. The fraction of sp³-hybridized carbons (Fsp3) is 0.653. The van der Waals surface area contributed by atoms with Crippen molar-refractivity contribution >= 4 is 33.6 Å². The first-order valence-corrected chi connectivity index (χ1v) is 49.7. The Morgan fingerprint density at radius 2 is 0.445 bits per heavy atom. The van der Waals surface area contributed by atoms with Crippen LogP contribution in [0, 0.1) is 0 Å². The van der Waals surface area contributed by atoms with Crippen LogP contribution in [-0.2, 0) is 55.8 Å². The zero-order chi connectivity index (χ0) is 86.5. The minimum atomic E-state index is -4.95. The Morgan fingerprint density at radius 3 is 0.706 bits per heavy atom. The molecule has 18 heteroatoms. The van der Waals surface area contributed by atoms with Gasteiger partial charge in [-0.05, 0) is 167 Å². The molecule has 4 N–H and O–H groups in total. The third-order valence-corrected chi connectivity index (χ3v) is 21.2. The van der Waals surface area contributed by atoms with Gasteiger partial charge >= 0.3 is 33.6 Å². The van der Waals surface area contributed by atoms with Crippen molar-refractivity contribution in [2.45, 2.75) is 386 Å². The normalized spacial score (nSPS) is 14.6. The maximum atomic E-state index is 13.1. The van der Waals surface area contributed by atoms with E-state index in [4.69, 9.17) is 32.3 Å². The van der Waals surface area contributed by atoms with Gasteiger partial charge in [0.15, 0.2) is 6.10 Å². The summed E-state index contributed by atoms with van der Waals surface area (Å²) in [4.78, 5) is 59.1. The first kappa shape index (κ1) is 113. The topological polar surface area (TPSA) is 231 Å². The summed E-state index contributed by atoms with van der Waals surface area (Å²) in [6, 6.07) is 0. The summed E-state index contributed by atoms with van der Waals surface area (Å²) in [6.07, 6.45) is 122. The van der Waals surface area contributed by atoms with Gasteiger partial charge in [0.25, 0.3) is 0 Å². The average Bonchev–Trinajstić information content (AvgIpc) is 0.905. The Morgan fingerprint density at radius 1 is 0.244 bits per heavy atom. The Balaban J connectivity index is 4.67. The quantitative estimate of drug-likeness (QED) is 0.0146. The fourth-order valence-corrected chi connectivity index (χ4v) is 13.9. The molecule has 0 heterocycles. The second-order valence-corrected chi connectivity index (χ2v) is 33.6. The first-order chi connectivity index (χ1) is 58.2. The van der Waals surface area contributed by atoms with Gasteiger partial charge in [-0.1, -0.05) is 376 Å². The van der Waals surface area contributed by atoms with Crippen molar-refractivity contribution in [2.75, 3.05) is 39.6 Å². The van der Waals surface area contributed by atoms with E-state index in [1.54, 1.807) is 0 Å². The lowest BCUT2D eigenvalue weighted by molar-refractivity contribution is -0.161. The highest BCUT2D eigenvalue weighted by Crippen LogP contribution is 2.45. The van der Waals surface area contributed by atoms with E-state index in [0.717, 1.165) is 193 Å². The van der Waals surface area contributed by atoms with Crippen LogP contribution >= 0.6 is 15.6 Å². The molecule has 0 saturated heterocycles. The third-order valence-electron chi connectivity index (χ3n) is 19.3. The van der Waals surface area contributed by atoms with E-state index in [-0.39, 0.29) is 19.3 Å². The number of unbranched alkanes of at least 4 members (excludes halogenated alkanes) is 32. The summed E-state index contributed by atoms with van der Waals surface area (Å²) in [5, 5.41) is 20.7. The van der Waals surface area contributed by atoms with Gasteiger partial charge in [-0.15, -0.1) is 0 Å². The summed E-state index contributed by atoms with van der Waals surface area (Å²) in [5.74, 6) is -1.60. The third kappa shape index (κ3) is 92.9. The van der Waals surface area contributed by atoms with Gasteiger partial charge in [-0.3, -0.25) is 32.5 Å². The number of hydrogen-bond donors (Lipinski definition) is 4. The van der Waals surface area contributed by atoms with Crippen LogP contribution in [0.3, 0.4) is 0 Å². The van der Waals surface area contributed by atoms with Crippen molar-refractivity contribution in [3.63, 3.8) is 0 Å². The molecule has 0 saturated carbocycles. The minimum absolute atomic E-state index is 0.0802. The molecule has 0 rings (SSSR count). The Labute approximate surface area is 725 Å². The second-order valence-electron chi connectivity index (χ2n) is 30.7. The molecule has 0 spiro atoms. The molecule has 0 bridgehead atoms. The van der Waals surface area contributed by atoms with E-state index in [0.29, 0.717) is 19.3 Å². The van der Waals surface area contributed by atoms with Crippen molar-refractivity contribution in [2.24, 2.45) is 0 Å². The number of hydrogen-bond acceptors (Lipinski definition) is 14. The molecule has 0 fully saturated rings. The number of aliphatic hydroxyl groups excluding tert-OH is 2. The Hall–Kier alpha value is -5.61. The van der Waals surface area contributed by atoms with Crippen molar-refractivity contribution in [3.8, 4) is 0 Å². The molecular weight excluding hydrogens is 1530 g/mol. The molecular formula is C101H168O16P2. The molecule has 5 unspecified atom stereocenters. The summed E-state index contributed by atoms with van der Waals surface area (Å²) in [5.41, 5.74) is 0. The summed E-state index contributed by atoms with van der Waals surface area (Å²) < 4.78 is 61.5. The molecule has 678 valence electrons. The van der Waals surface area contributed by atoms with Gasteiger partial charge in [0.05, 0.1) is 26.4 Å². The predicted molar refractivity (Wildman–Crippen MR) is 500 cm³/mol. The highest BCUT2D eigenvalue weighted by molar-refractivity contribution is 7.47. The molecule has 0 aliphatic heterocycles. The molecule has 0 aromatic carbocycles. The fourth-order valence-electron chi connectivity index (χ4n) is 12.3. The molecule has 0 aromatic heterocycles. The van der Waals surface area contributed by atoms with Gasteiger partial charge in [-0.25, -0.2) is 9.13 Å². The van der Waals surface area contributed by atoms with Gasteiger partial charge < -0.3 is 34.2 Å². The van der Waals surface area contributed by atoms with Crippen LogP contribution in [0.15, 0.2) is 194 Å². The van der Waals surface area contributed by atoms with Gasteiger partial charge in [0, 0.05) is 19.3 Å². The molecule has 0 amide bonds. The summed E-state index contributed by atoms with van der Waals surface area (Å²) in [6.45, 7) is 2.43. The number of aliphatic hydroxyl groups is 2. The van der Waals surface area contributed by atoms with E-state index in [1.807, 2.05) is 0 Å². The second kappa shape index (κ2) is 91.6. The SMILES string of the molecule is CC/C=C\C/C=C\C/C=C\C/C=C\C/C=C\C/C=C\CCCCCCCCCCCCCCC(=O)OCC(O)COP(=O)(O)OCC(O)COP(=O)(O)OCC(COC(=O)CCCCCCCCCCCCC/C=C\C/C=C\C/C=C\C/C=C\CCCCC)OC(=O)CCCCCCCC/C=C\C/C=C\C/C=C\C/C=C\C/C=C\C/C=C\CC. The number of carbonyl (C=O) groups excluding carboxylic acids is 3. The van der Waals surface area contributed by atoms with Crippen LogP contribution < -0.4 is 0 Å². The van der Waals surface area contributed by atoms with E-state index in [2.05, 4.69) is 215 Å². The number of allylic oxidation sites excluding steroid dienone is 32. The number of rotatable bonds is 87. The minimum Gasteiger partial charge on any atom is -0.463 e. The van der Waals surface area contributed by atoms with Crippen molar-refractivity contribution in [1.82, 2.24) is 0 Å². The molecule has 0 radical (unpaired) electrons. The number of ether oxygens (including phenoxy) is 3. The van der Waals surface area contributed by atoms with Crippen LogP contribution in [0.2, 0.25) is 0 Å². The zero-order valence-electron chi connectivity index (χ0n) is 74.7. The van der Waals surface area contributed by atoms with E-state index in [9.17, 15) is 43.5 Å². The number of carbonyl (C=O) groups is 3.